The van der Waals surface area contributed by atoms with Crippen molar-refractivity contribution in [2.45, 2.75) is 39.2 Å². The molecule has 0 aliphatic carbocycles. The van der Waals surface area contributed by atoms with Crippen LogP contribution in [-0.2, 0) is 6.42 Å². The summed E-state index contributed by atoms with van der Waals surface area (Å²) in [5.41, 5.74) is 1.17. The van der Waals surface area contributed by atoms with Crippen molar-refractivity contribution < 1.29 is 8.78 Å². The van der Waals surface area contributed by atoms with Crippen molar-refractivity contribution in [2.24, 2.45) is 0 Å². The van der Waals surface area contributed by atoms with Crippen molar-refractivity contribution >= 4 is 11.5 Å². The van der Waals surface area contributed by atoms with Gasteiger partial charge in [-0.25, -0.2) is 8.78 Å². The van der Waals surface area contributed by atoms with E-state index < -0.39 is 17.7 Å². The quantitative estimate of drug-likeness (QED) is 0.844. The van der Waals surface area contributed by atoms with Crippen LogP contribution < -0.4 is 5.32 Å². The SMILES string of the molecule is CCCNC(c1cccc(F)c1F)c1snnc1CCC. The average Bonchev–Trinajstić information content (AvgIpc) is 2.92. The third-order valence-corrected chi connectivity index (χ3v) is 4.06. The summed E-state index contributed by atoms with van der Waals surface area (Å²) < 4.78 is 31.6. The lowest BCUT2D eigenvalue weighted by Gasteiger charge is -2.19. The Morgan fingerprint density at radius 2 is 2.05 bits per heavy atom. The van der Waals surface area contributed by atoms with E-state index >= 15 is 0 Å². The molecule has 21 heavy (non-hydrogen) atoms. The number of aryl methyl sites for hydroxylation is 1. The molecule has 0 aliphatic rings. The maximum atomic E-state index is 14.1. The van der Waals surface area contributed by atoms with E-state index in [0.717, 1.165) is 35.9 Å². The van der Waals surface area contributed by atoms with Crippen molar-refractivity contribution in [3.05, 3.63) is 46.0 Å². The van der Waals surface area contributed by atoms with E-state index in [1.807, 2.05) is 6.92 Å². The first kappa shape index (κ1) is 16.0. The first-order valence-corrected chi connectivity index (χ1v) is 7.94. The molecule has 2 rings (SSSR count). The molecule has 0 fully saturated rings. The Morgan fingerprint density at radius 1 is 1.24 bits per heavy atom. The summed E-state index contributed by atoms with van der Waals surface area (Å²) in [6, 6.07) is 3.87. The standard InChI is InChI=1S/C15H19F2N3S/c1-3-6-12-15(21-20-19-12)14(18-9-4-2)10-7-5-8-11(16)13(10)17/h5,7-8,14,18H,3-4,6,9H2,1-2H3. The predicted octanol–water partition coefficient (Wildman–Crippen LogP) is 3.86. The Kier molecular flexibility index (Phi) is 5.76. The molecule has 0 amide bonds. The number of rotatable bonds is 7. The molecule has 0 aliphatic heterocycles. The Balaban J connectivity index is 2.42. The zero-order valence-electron chi connectivity index (χ0n) is 12.2. The smallest absolute Gasteiger partial charge is 0.163 e. The summed E-state index contributed by atoms with van der Waals surface area (Å²) in [5.74, 6) is -1.63. The molecular weight excluding hydrogens is 292 g/mol. The summed E-state index contributed by atoms with van der Waals surface area (Å²) >= 11 is 1.24. The van der Waals surface area contributed by atoms with Gasteiger partial charge in [-0.3, -0.25) is 0 Å². The van der Waals surface area contributed by atoms with Crippen LogP contribution in [0.3, 0.4) is 0 Å². The van der Waals surface area contributed by atoms with E-state index in [2.05, 4.69) is 21.8 Å². The lowest BCUT2D eigenvalue weighted by molar-refractivity contribution is 0.481. The summed E-state index contributed by atoms with van der Waals surface area (Å²) in [6.07, 6.45) is 2.63. The van der Waals surface area contributed by atoms with Crippen LogP contribution >= 0.6 is 11.5 Å². The number of halogens is 2. The Hall–Kier alpha value is -1.40. The molecule has 1 atom stereocenters. The van der Waals surface area contributed by atoms with Gasteiger partial charge < -0.3 is 5.32 Å². The highest BCUT2D eigenvalue weighted by molar-refractivity contribution is 7.05. The van der Waals surface area contributed by atoms with Crippen LogP contribution in [0.5, 0.6) is 0 Å². The van der Waals surface area contributed by atoms with Crippen molar-refractivity contribution in [2.75, 3.05) is 6.54 Å². The molecule has 1 aromatic carbocycles. The first-order chi connectivity index (χ1) is 10.2. The molecule has 6 heteroatoms. The Bertz CT molecular complexity index is 586. The number of hydrogen-bond acceptors (Lipinski definition) is 4. The van der Waals surface area contributed by atoms with Crippen LogP contribution in [0.4, 0.5) is 8.78 Å². The number of benzene rings is 1. The van der Waals surface area contributed by atoms with Crippen LogP contribution in [0, 0.1) is 11.6 Å². The molecule has 0 saturated carbocycles. The summed E-state index contributed by atoms with van der Waals surface area (Å²) in [6.45, 7) is 4.80. The lowest BCUT2D eigenvalue weighted by atomic mass is 10.0. The zero-order chi connectivity index (χ0) is 15.2. The van der Waals surface area contributed by atoms with Gasteiger partial charge in [-0.1, -0.05) is 36.9 Å². The Morgan fingerprint density at radius 3 is 2.76 bits per heavy atom. The number of nitrogens with zero attached hydrogens (tertiary/aromatic N) is 2. The highest BCUT2D eigenvalue weighted by atomic mass is 32.1. The molecule has 0 saturated heterocycles. The van der Waals surface area contributed by atoms with E-state index in [9.17, 15) is 8.78 Å². The highest BCUT2D eigenvalue weighted by Gasteiger charge is 2.24. The highest BCUT2D eigenvalue weighted by Crippen LogP contribution is 2.30. The van der Waals surface area contributed by atoms with Gasteiger partial charge in [0.05, 0.1) is 16.6 Å². The van der Waals surface area contributed by atoms with Gasteiger partial charge in [-0.2, -0.15) is 0 Å². The lowest BCUT2D eigenvalue weighted by Crippen LogP contribution is -2.24. The second-order valence-electron chi connectivity index (χ2n) is 4.86. The maximum Gasteiger partial charge on any atom is 0.163 e. The molecule has 1 heterocycles. The third-order valence-electron chi connectivity index (χ3n) is 3.23. The molecule has 0 bridgehead atoms. The van der Waals surface area contributed by atoms with Crippen LogP contribution in [-0.4, -0.2) is 16.1 Å². The summed E-state index contributed by atoms with van der Waals surface area (Å²) in [7, 11) is 0. The zero-order valence-corrected chi connectivity index (χ0v) is 13.0. The molecule has 114 valence electrons. The largest absolute Gasteiger partial charge is 0.305 e. The fourth-order valence-corrected chi connectivity index (χ4v) is 3.01. The van der Waals surface area contributed by atoms with Gasteiger partial charge in [0.2, 0.25) is 0 Å². The van der Waals surface area contributed by atoms with Crippen LogP contribution in [0.1, 0.15) is 48.9 Å². The van der Waals surface area contributed by atoms with E-state index in [1.165, 1.54) is 17.6 Å². The van der Waals surface area contributed by atoms with E-state index in [-0.39, 0.29) is 0 Å². The number of nitrogens with one attached hydrogen (secondary N) is 1. The summed E-state index contributed by atoms with van der Waals surface area (Å²) in [4.78, 5) is 0.870. The predicted molar refractivity (Wildman–Crippen MR) is 80.4 cm³/mol. The van der Waals surface area contributed by atoms with Gasteiger partial charge >= 0.3 is 0 Å². The van der Waals surface area contributed by atoms with Crippen LogP contribution in [0.15, 0.2) is 18.2 Å². The van der Waals surface area contributed by atoms with E-state index in [0.29, 0.717) is 12.1 Å². The fourth-order valence-electron chi connectivity index (χ4n) is 2.22. The molecule has 0 radical (unpaired) electrons. The van der Waals surface area contributed by atoms with Crippen LogP contribution in [0.2, 0.25) is 0 Å². The van der Waals surface area contributed by atoms with Crippen molar-refractivity contribution in [1.82, 2.24) is 14.9 Å². The van der Waals surface area contributed by atoms with Crippen molar-refractivity contribution in [1.29, 1.82) is 0 Å². The first-order valence-electron chi connectivity index (χ1n) is 7.17. The molecule has 1 aromatic heterocycles. The molecule has 2 aromatic rings. The normalized spacial score (nSPS) is 12.6. The maximum absolute atomic E-state index is 14.1. The van der Waals surface area contributed by atoms with E-state index in [4.69, 9.17) is 0 Å². The monoisotopic (exact) mass is 311 g/mol. The van der Waals surface area contributed by atoms with Gasteiger partial charge in [-0.15, -0.1) is 5.10 Å². The van der Waals surface area contributed by atoms with Crippen molar-refractivity contribution in [3.8, 4) is 0 Å². The second-order valence-corrected chi connectivity index (χ2v) is 5.65. The molecule has 0 spiro atoms. The van der Waals surface area contributed by atoms with Gasteiger partial charge in [-0.05, 0) is 37.0 Å². The number of hydrogen-bond donors (Lipinski definition) is 1. The fraction of sp³-hybridized carbons (Fsp3) is 0.467. The van der Waals surface area contributed by atoms with Gasteiger partial charge in [0.1, 0.15) is 0 Å². The van der Waals surface area contributed by atoms with E-state index in [1.54, 1.807) is 6.07 Å². The van der Waals surface area contributed by atoms with Gasteiger partial charge in [0, 0.05) is 5.56 Å². The topological polar surface area (TPSA) is 37.8 Å². The third kappa shape index (κ3) is 3.63. The van der Waals surface area contributed by atoms with Crippen molar-refractivity contribution in [3.63, 3.8) is 0 Å². The summed E-state index contributed by atoms with van der Waals surface area (Å²) in [5, 5.41) is 7.40. The van der Waals surface area contributed by atoms with Gasteiger partial charge in [0.15, 0.2) is 11.6 Å². The molecular formula is C15H19F2N3S. The average molecular weight is 311 g/mol. The second kappa shape index (κ2) is 7.56. The molecule has 1 unspecified atom stereocenters. The minimum Gasteiger partial charge on any atom is -0.305 e. The molecule has 3 nitrogen and oxygen atoms in total. The minimum absolute atomic E-state index is 0.312. The Labute approximate surface area is 127 Å². The van der Waals surface area contributed by atoms with Crippen LogP contribution in [0.25, 0.3) is 0 Å². The minimum atomic E-state index is -0.828. The number of aromatic nitrogens is 2. The van der Waals surface area contributed by atoms with Gasteiger partial charge in [0.25, 0.3) is 0 Å². The molecule has 1 N–H and O–H groups in total.